The van der Waals surface area contributed by atoms with E-state index in [2.05, 4.69) is 83.2 Å². The number of halogens is 4. The molecule has 0 aromatic carbocycles. The maximum absolute atomic E-state index is 12.1. The highest BCUT2D eigenvalue weighted by molar-refractivity contribution is 9.10. The van der Waals surface area contributed by atoms with Crippen molar-refractivity contribution >= 4 is 43.8 Å². The summed E-state index contributed by atoms with van der Waals surface area (Å²) >= 11 is 9.01. The topological polar surface area (TPSA) is 95.6 Å². The molecule has 0 aromatic rings. The van der Waals surface area contributed by atoms with Crippen molar-refractivity contribution in [2.75, 3.05) is 65.4 Å². The monoisotopic (exact) mass is 1120 g/mol. The summed E-state index contributed by atoms with van der Waals surface area (Å²) in [6.45, 7) is 32.0. The molecule has 6 aliphatic heterocycles. The Morgan fingerprint density at radius 2 is 1.29 bits per heavy atom. The fraction of sp³-hybridized carbons (Fsp3) is 0.920. The molecule has 354 valence electrons. The van der Waals surface area contributed by atoms with Gasteiger partial charge >= 0.3 is 0 Å². The van der Waals surface area contributed by atoms with Crippen LogP contribution in [0.5, 0.6) is 0 Å². The lowest BCUT2D eigenvalue weighted by Gasteiger charge is -2.74. The van der Waals surface area contributed by atoms with Gasteiger partial charge in [-0.05, 0) is 166 Å². The third-order valence-corrected chi connectivity index (χ3v) is 24.8. The number of alkyl halides is 2. The molecule has 2 N–H and O–H groups in total. The minimum absolute atomic E-state index is 0. The summed E-state index contributed by atoms with van der Waals surface area (Å²) in [4.78, 5) is 32.9. The number of carboxylic acids is 2. The first kappa shape index (κ1) is 50.3. The second-order valence-electron chi connectivity index (χ2n) is 24.4. The maximum Gasteiger partial charge on any atom is 0.116 e. The van der Waals surface area contributed by atoms with Crippen LogP contribution >= 0.6 is 31.9 Å². The highest BCUT2D eigenvalue weighted by Gasteiger charge is 2.73. The Kier molecular flexibility index (Phi) is 14.4. The van der Waals surface area contributed by atoms with Crippen molar-refractivity contribution in [3.8, 4) is 0 Å². The molecule has 11 aliphatic rings. The minimum atomic E-state index is -0.911. The van der Waals surface area contributed by atoms with Gasteiger partial charge in [-0.2, -0.15) is 0 Å². The number of nitrogens with one attached hydrogen (secondary N) is 2. The van der Waals surface area contributed by atoms with E-state index in [4.69, 9.17) is 6.58 Å². The number of carbonyl (C=O) groups excluding carboxylic acids is 2. The fourth-order valence-corrected chi connectivity index (χ4v) is 21.9. The van der Waals surface area contributed by atoms with Crippen molar-refractivity contribution < 1.29 is 63.6 Å². The molecule has 4 bridgehead atoms. The summed E-state index contributed by atoms with van der Waals surface area (Å²) in [6, 6.07) is 0.826. The summed E-state index contributed by atoms with van der Waals surface area (Å²) in [5.41, 5.74) is 2.37. The largest absolute Gasteiger partial charge is 1.00 e. The molecule has 0 aromatic heterocycles. The van der Waals surface area contributed by atoms with Crippen LogP contribution in [-0.4, -0.2) is 108 Å². The van der Waals surface area contributed by atoms with E-state index >= 15 is 0 Å². The van der Waals surface area contributed by atoms with E-state index in [-0.39, 0.29) is 82.5 Å². The van der Waals surface area contributed by atoms with Gasteiger partial charge in [-0.3, -0.25) is 9.80 Å². The van der Waals surface area contributed by atoms with Gasteiger partial charge in [0.1, 0.15) is 12.1 Å². The molecule has 5 unspecified atom stereocenters. The van der Waals surface area contributed by atoms with Gasteiger partial charge in [0, 0.05) is 38.1 Å². The second-order valence-corrected chi connectivity index (χ2v) is 27.4. The van der Waals surface area contributed by atoms with Crippen molar-refractivity contribution in [3.05, 3.63) is 12.2 Å². The van der Waals surface area contributed by atoms with Gasteiger partial charge in [0.15, 0.2) is 0 Å². The van der Waals surface area contributed by atoms with E-state index in [9.17, 15) is 19.8 Å². The van der Waals surface area contributed by atoms with Crippen LogP contribution in [0.2, 0.25) is 0 Å². The smallest absolute Gasteiger partial charge is 0.116 e. The number of carboxylic acid groups (broad SMARTS) is 2. The van der Waals surface area contributed by atoms with Crippen molar-refractivity contribution in [1.29, 1.82) is 0 Å². The van der Waals surface area contributed by atoms with Gasteiger partial charge in [-0.25, -0.2) is 0 Å². The molecular formula is C50H80Br4N4O4-2. The zero-order valence-corrected chi connectivity index (χ0v) is 45.4. The summed E-state index contributed by atoms with van der Waals surface area (Å²) < 4.78 is -0.435. The number of piperazine rings is 6. The number of quaternary nitrogens is 2. The standard InChI is InChI=1S/C50H80Br2N4O4.2BrH/c1-33(2)34-10-17-48(32-49(51,18-13-41(57)58)39-30-53-22-26-55(39)27-23-53)21-20-46(6)35(43(34)48)8-9-38-45(5)15-11-37(44(3,4)36(45)12-16-47(38,46)7)50(52,19-14-42(59)60)40-31-54-24-28-56(40)29-25-54;;/h34-40,43H,1,8-32H2,2-7H3,(H,57,58)(H,59,60);2*1H/p-2/t34-,35+,36-,37?,38+,39?,40?,43+,45-,46+,47+,48+,49?,50?;;/m0../s1. The number of fused-ring (bicyclic) bond motifs is 13. The Morgan fingerprint density at radius 3 is 1.84 bits per heavy atom. The molecule has 12 heteroatoms. The third-order valence-electron chi connectivity index (χ3n) is 22.0. The molecule has 6 saturated heterocycles. The molecule has 0 radical (unpaired) electrons. The van der Waals surface area contributed by atoms with Crippen LogP contribution in [-0.2, 0) is 9.59 Å². The van der Waals surface area contributed by atoms with Crippen LogP contribution in [0.1, 0.15) is 138 Å². The van der Waals surface area contributed by atoms with Crippen LogP contribution in [0.3, 0.4) is 0 Å². The number of nitrogens with zero attached hydrogens (tertiary/aromatic N) is 2. The fourth-order valence-electron chi connectivity index (χ4n) is 19.2. The van der Waals surface area contributed by atoms with E-state index in [1.54, 1.807) is 9.80 Å². The number of rotatable bonds is 12. The molecular weight excluding hydrogens is 1040 g/mol. The SMILES string of the molecule is C=C(C)[C@@H]1CC[C@]2(CC(Br)(CCC(=O)[O-])C3CN4CC[NH+]3CC4)CC[C@]3(C)[C@H](CC[C@@H]4[C@@]5(C)CCC(C(Br)(CCC(=O)[O-])C6CN7CC[NH+]6CC7)C(C)(C)[C@@H]5CC[C@]43C)[C@@H]12.[Br-].[Br-]. The van der Waals surface area contributed by atoms with E-state index in [0.29, 0.717) is 60.4 Å². The number of hydrogen-bond donors (Lipinski definition) is 2. The number of aliphatic carboxylic acids is 2. The number of carbonyl (C=O) groups is 2. The van der Waals surface area contributed by atoms with Crippen LogP contribution in [0, 0.1) is 62.6 Å². The van der Waals surface area contributed by atoms with Gasteiger partial charge in [0.2, 0.25) is 0 Å². The van der Waals surface area contributed by atoms with Crippen molar-refractivity contribution in [3.63, 3.8) is 0 Å². The third kappa shape index (κ3) is 7.80. The Hall–Kier alpha value is 0.440. The molecule has 6 heterocycles. The van der Waals surface area contributed by atoms with Crippen LogP contribution < -0.4 is 54.0 Å². The van der Waals surface area contributed by atoms with Crippen molar-refractivity contribution in [1.82, 2.24) is 9.80 Å². The summed E-state index contributed by atoms with van der Waals surface area (Å²) in [6.07, 6.45) is 15.2. The predicted octanol–water partition coefficient (Wildman–Crippen LogP) is -1.85. The van der Waals surface area contributed by atoms with E-state index in [0.717, 1.165) is 52.1 Å². The van der Waals surface area contributed by atoms with Crippen LogP contribution in [0.4, 0.5) is 0 Å². The summed E-state index contributed by atoms with van der Waals surface area (Å²) in [7, 11) is 0. The highest BCUT2D eigenvalue weighted by Crippen LogP contribution is 2.79. The van der Waals surface area contributed by atoms with Gasteiger partial charge in [-0.1, -0.05) is 78.6 Å². The zero-order valence-electron chi connectivity index (χ0n) is 39.0. The summed E-state index contributed by atoms with van der Waals surface area (Å²) in [5, 5.41) is 24.3. The minimum Gasteiger partial charge on any atom is -1.00 e. The molecule has 0 spiro atoms. The Bertz CT molecular complexity index is 1710. The quantitative estimate of drug-likeness (QED) is 0.177. The molecule has 14 atom stereocenters. The molecule has 11 fully saturated rings. The summed E-state index contributed by atoms with van der Waals surface area (Å²) in [5.74, 6) is 1.63. The highest BCUT2D eigenvalue weighted by atomic mass is 79.9. The van der Waals surface area contributed by atoms with Crippen LogP contribution in [0.25, 0.3) is 0 Å². The predicted molar refractivity (Wildman–Crippen MR) is 241 cm³/mol. The van der Waals surface area contributed by atoms with E-state index in [1.165, 1.54) is 89.5 Å². The Morgan fingerprint density at radius 1 is 0.710 bits per heavy atom. The van der Waals surface area contributed by atoms with Gasteiger partial charge in [0.25, 0.3) is 0 Å². The Balaban J connectivity index is 0.00000289. The van der Waals surface area contributed by atoms with Gasteiger partial charge in [-0.15, -0.1) is 0 Å². The zero-order chi connectivity index (χ0) is 42.8. The van der Waals surface area contributed by atoms with Crippen molar-refractivity contribution in [2.24, 2.45) is 62.6 Å². The molecule has 11 rings (SSSR count). The second kappa shape index (κ2) is 17.8. The lowest BCUT2D eigenvalue weighted by molar-refractivity contribution is -0.942. The average Bonchev–Trinajstić information content (AvgIpc) is 3.59. The van der Waals surface area contributed by atoms with Crippen LogP contribution in [0.15, 0.2) is 12.2 Å². The number of allylic oxidation sites excluding steroid dienone is 1. The van der Waals surface area contributed by atoms with E-state index in [1.807, 2.05) is 0 Å². The molecule has 5 aliphatic carbocycles. The molecule has 62 heavy (non-hydrogen) atoms. The van der Waals surface area contributed by atoms with Gasteiger partial charge < -0.3 is 63.6 Å². The lowest BCUT2D eigenvalue weighted by Crippen LogP contribution is -3.23. The molecule has 5 saturated carbocycles. The van der Waals surface area contributed by atoms with E-state index < -0.39 is 11.9 Å². The Labute approximate surface area is 413 Å². The molecule has 8 nitrogen and oxygen atoms in total. The lowest BCUT2D eigenvalue weighted by atomic mass is 9.31. The normalized spacial score (nSPS) is 48.1. The first-order valence-electron chi connectivity index (χ1n) is 24.8. The average molecular weight is 1120 g/mol. The van der Waals surface area contributed by atoms with Gasteiger partial charge in [0.05, 0.1) is 47.9 Å². The first-order valence-corrected chi connectivity index (χ1v) is 26.4. The van der Waals surface area contributed by atoms with Crippen molar-refractivity contribution in [2.45, 2.75) is 159 Å². The number of hydrogen-bond acceptors (Lipinski definition) is 6. The first-order chi connectivity index (χ1) is 28.2. The molecule has 0 amide bonds. The maximum atomic E-state index is 12.1.